The van der Waals surface area contributed by atoms with Gasteiger partial charge in [-0.3, -0.25) is 0 Å². The van der Waals surface area contributed by atoms with Crippen LogP contribution in [0, 0.1) is 0 Å². The van der Waals surface area contributed by atoms with Gasteiger partial charge in [0.1, 0.15) is 6.26 Å². The molecule has 3 nitrogen and oxygen atoms in total. The smallest absolute Gasteiger partial charge is 0.260 e. The fourth-order valence-electron chi connectivity index (χ4n) is 1.55. The maximum absolute atomic E-state index is 6.00. The second-order valence-corrected chi connectivity index (χ2v) is 4.87. The standard InChI is InChI=1S/C13H16N2OS/c1-2-11(14)9-10-5-3-4-6-12(10)17-13-15-7-8-16-13/h3-8,11H,2,9,14H2,1H3. The van der Waals surface area contributed by atoms with E-state index < -0.39 is 0 Å². The second-order valence-electron chi connectivity index (χ2n) is 3.88. The number of aromatic nitrogens is 1. The number of oxazole rings is 1. The van der Waals surface area contributed by atoms with Crippen LogP contribution in [0.4, 0.5) is 0 Å². The van der Waals surface area contributed by atoms with E-state index in [0.29, 0.717) is 5.22 Å². The van der Waals surface area contributed by atoms with Crippen molar-refractivity contribution >= 4 is 11.8 Å². The summed E-state index contributed by atoms with van der Waals surface area (Å²) in [5, 5.41) is 0.669. The summed E-state index contributed by atoms with van der Waals surface area (Å²) in [6, 6.07) is 8.46. The van der Waals surface area contributed by atoms with Gasteiger partial charge >= 0.3 is 0 Å². The van der Waals surface area contributed by atoms with Gasteiger partial charge in [0.2, 0.25) is 0 Å². The lowest BCUT2D eigenvalue weighted by Crippen LogP contribution is -2.21. The molecule has 1 aromatic heterocycles. The van der Waals surface area contributed by atoms with Crippen molar-refractivity contribution in [3.8, 4) is 0 Å². The van der Waals surface area contributed by atoms with Gasteiger partial charge in [0.25, 0.3) is 5.22 Å². The zero-order valence-electron chi connectivity index (χ0n) is 9.80. The Morgan fingerprint density at radius 2 is 2.24 bits per heavy atom. The molecule has 0 amide bonds. The van der Waals surface area contributed by atoms with Gasteiger partial charge in [-0.25, -0.2) is 4.98 Å². The third kappa shape index (κ3) is 3.35. The minimum absolute atomic E-state index is 0.210. The first-order chi connectivity index (χ1) is 8.29. The number of nitrogens with two attached hydrogens (primary N) is 1. The molecular formula is C13H16N2OS. The average molecular weight is 248 g/mol. The second kappa shape index (κ2) is 5.89. The van der Waals surface area contributed by atoms with Crippen LogP contribution in [-0.4, -0.2) is 11.0 Å². The van der Waals surface area contributed by atoms with Crippen LogP contribution in [0.1, 0.15) is 18.9 Å². The Morgan fingerprint density at radius 3 is 2.94 bits per heavy atom. The van der Waals surface area contributed by atoms with Crippen LogP contribution in [0.15, 0.2) is 51.3 Å². The molecule has 0 fully saturated rings. The largest absolute Gasteiger partial charge is 0.440 e. The highest BCUT2D eigenvalue weighted by molar-refractivity contribution is 7.99. The quantitative estimate of drug-likeness (QED) is 0.883. The predicted octanol–water partition coefficient (Wildman–Crippen LogP) is 3.11. The third-order valence-corrected chi connectivity index (χ3v) is 3.58. The van der Waals surface area contributed by atoms with E-state index in [9.17, 15) is 0 Å². The van der Waals surface area contributed by atoms with E-state index in [1.165, 1.54) is 10.5 Å². The average Bonchev–Trinajstić information content (AvgIpc) is 2.84. The van der Waals surface area contributed by atoms with Crippen LogP contribution in [0.25, 0.3) is 0 Å². The van der Waals surface area contributed by atoms with Crippen molar-refractivity contribution in [3.05, 3.63) is 42.3 Å². The number of benzene rings is 1. The Labute approximate surface area is 105 Å². The van der Waals surface area contributed by atoms with Crippen LogP contribution in [-0.2, 0) is 6.42 Å². The summed E-state index contributed by atoms with van der Waals surface area (Å²) < 4.78 is 5.24. The van der Waals surface area contributed by atoms with Crippen molar-refractivity contribution in [2.75, 3.05) is 0 Å². The monoisotopic (exact) mass is 248 g/mol. The minimum Gasteiger partial charge on any atom is -0.440 e. The van der Waals surface area contributed by atoms with Crippen molar-refractivity contribution in [1.29, 1.82) is 0 Å². The number of hydrogen-bond donors (Lipinski definition) is 1. The summed E-state index contributed by atoms with van der Waals surface area (Å²) in [4.78, 5) is 5.28. The number of hydrogen-bond acceptors (Lipinski definition) is 4. The van der Waals surface area contributed by atoms with Crippen LogP contribution in [0.5, 0.6) is 0 Å². The number of rotatable bonds is 5. The van der Waals surface area contributed by atoms with Crippen molar-refractivity contribution in [1.82, 2.24) is 4.98 Å². The van der Waals surface area contributed by atoms with Gasteiger partial charge in [-0.2, -0.15) is 0 Å². The van der Waals surface area contributed by atoms with Gasteiger partial charge < -0.3 is 10.2 Å². The molecule has 4 heteroatoms. The molecule has 0 aliphatic carbocycles. The summed E-state index contributed by atoms with van der Waals surface area (Å²) >= 11 is 1.54. The van der Waals surface area contributed by atoms with Gasteiger partial charge in [0.05, 0.1) is 6.20 Å². The highest BCUT2D eigenvalue weighted by atomic mass is 32.2. The van der Waals surface area contributed by atoms with Gasteiger partial charge in [-0.1, -0.05) is 25.1 Å². The van der Waals surface area contributed by atoms with E-state index in [1.807, 2.05) is 12.1 Å². The Hall–Kier alpha value is -1.26. The highest BCUT2D eigenvalue weighted by Crippen LogP contribution is 2.29. The molecule has 0 saturated carbocycles. The van der Waals surface area contributed by atoms with E-state index in [0.717, 1.165) is 12.8 Å². The molecular weight excluding hydrogens is 232 g/mol. The normalized spacial score (nSPS) is 12.6. The van der Waals surface area contributed by atoms with Crippen LogP contribution in [0.3, 0.4) is 0 Å². The molecule has 2 N–H and O–H groups in total. The van der Waals surface area contributed by atoms with E-state index in [4.69, 9.17) is 10.2 Å². The Morgan fingerprint density at radius 1 is 1.41 bits per heavy atom. The molecule has 0 bridgehead atoms. The molecule has 1 atom stereocenters. The lowest BCUT2D eigenvalue weighted by molar-refractivity contribution is 0.454. The van der Waals surface area contributed by atoms with Crippen LogP contribution < -0.4 is 5.73 Å². The fourth-order valence-corrected chi connectivity index (χ4v) is 2.39. The molecule has 2 rings (SSSR count). The minimum atomic E-state index is 0.210. The molecule has 90 valence electrons. The van der Waals surface area contributed by atoms with E-state index in [-0.39, 0.29) is 6.04 Å². The van der Waals surface area contributed by atoms with Crippen molar-refractivity contribution in [3.63, 3.8) is 0 Å². The molecule has 0 aliphatic rings. The van der Waals surface area contributed by atoms with E-state index >= 15 is 0 Å². The summed E-state index contributed by atoms with van der Waals surface area (Å²) in [6.07, 6.45) is 5.11. The Bertz CT molecular complexity index is 456. The molecule has 2 aromatic rings. The summed E-state index contributed by atoms with van der Waals surface area (Å²) in [5.41, 5.74) is 7.25. The predicted molar refractivity (Wildman–Crippen MR) is 69.0 cm³/mol. The zero-order chi connectivity index (χ0) is 12.1. The van der Waals surface area contributed by atoms with Crippen molar-refractivity contribution in [2.45, 2.75) is 35.9 Å². The molecule has 1 aromatic carbocycles. The zero-order valence-corrected chi connectivity index (χ0v) is 10.6. The maximum Gasteiger partial charge on any atom is 0.260 e. The lowest BCUT2D eigenvalue weighted by atomic mass is 10.1. The van der Waals surface area contributed by atoms with Crippen LogP contribution in [0.2, 0.25) is 0 Å². The molecule has 1 heterocycles. The lowest BCUT2D eigenvalue weighted by Gasteiger charge is -2.11. The summed E-state index contributed by atoms with van der Waals surface area (Å²) in [7, 11) is 0. The van der Waals surface area contributed by atoms with Crippen molar-refractivity contribution < 1.29 is 4.42 Å². The highest BCUT2D eigenvalue weighted by Gasteiger charge is 2.09. The molecule has 0 radical (unpaired) electrons. The van der Waals surface area contributed by atoms with Gasteiger partial charge in [0.15, 0.2) is 0 Å². The van der Waals surface area contributed by atoms with Gasteiger partial charge in [-0.05, 0) is 36.2 Å². The Kier molecular flexibility index (Phi) is 4.23. The first kappa shape index (κ1) is 12.2. The molecule has 1 unspecified atom stereocenters. The Balaban J connectivity index is 2.15. The molecule has 17 heavy (non-hydrogen) atoms. The van der Waals surface area contributed by atoms with Crippen LogP contribution >= 0.6 is 11.8 Å². The molecule has 0 aliphatic heterocycles. The first-order valence-corrected chi connectivity index (χ1v) is 6.52. The van der Waals surface area contributed by atoms with Crippen molar-refractivity contribution in [2.24, 2.45) is 5.73 Å². The van der Waals surface area contributed by atoms with E-state index in [1.54, 1.807) is 24.2 Å². The topological polar surface area (TPSA) is 52.0 Å². The fraction of sp³-hybridized carbons (Fsp3) is 0.308. The molecule has 0 spiro atoms. The summed E-state index contributed by atoms with van der Waals surface area (Å²) in [6.45, 7) is 2.11. The van der Waals surface area contributed by atoms with E-state index in [2.05, 4.69) is 24.0 Å². The SMILES string of the molecule is CCC(N)Cc1ccccc1Sc1ncco1. The maximum atomic E-state index is 6.00. The molecule has 0 saturated heterocycles. The number of nitrogens with zero attached hydrogens (tertiary/aromatic N) is 1. The summed E-state index contributed by atoms with van der Waals surface area (Å²) in [5.74, 6) is 0. The van der Waals surface area contributed by atoms with Gasteiger partial charge in [0, 0.05) is 10.9 Å². The van der Waals surface area contributed by atoms with Gasteiger partial charge in [-0.15, -0.1) is 0 Å². The first-order valence-electron chi connectivity index (χ1n) is 5.70. The third-order valence-electron chi connectivity index (χ3n) is 2.59.